The van der Waals surface area contributed by atoms with Crippen LogP contribution in [-0.4, -0.2) is 5.97 Å². The molecule has 3 rings (SSSR count). The molecule has 0 aliphatic heterocycles. The SMILES string of the molecule is CCC(=O)OS(c1ccccc1)(c1ccccc1)c1c(F)cc(F)cc1F. The summed E-state index contributed by atoms with van der Waals surface area (Å²) in [5.41, 5.74) is 0. The Morgan fingerprint density at radius 3 is 1.70 bits per heavy atom. The summed E-state index contributed by atoms with van der Waals surface area (Å²) in [5.74, 6) is -3.84. The Kier molecular flexibility index (Phi) is 5.56. The fourth-order valence-electron chi connectivity index (χ4n) is 2.74. The van der Waals surface area contributed by atoms with Crippen LogP contribution in [0.5, 0.6) is 0 Å². The molecule has 0 bridgehead atoms. The molecule has 6 heteroatoms. The first-order chi connectivity index (χ1) is 13.0. The summed E-state index contributed by atoms with van der Waals surface area (Å²) in [4.78, 5) is 12.7. The third kappa shape index (κ3) is 3.57. The Balaban J connectivity index is 2.43. The standard InChI is InChI=1S/C21H17F3O2S/c1-2-20(25)26-27(16-9-5-3-6-10-16,17-11-7-4-8-12-17)21-18(23)13-15(22)14-19(21)24/h3-14H,2H2,1H3. The quantitative estimate of drug-likeness (QED) is 0.514. The van der Waals surface area contributed by atoms with Crippen molar-refractivity contribution in [2.45, 2.75) is 28.0 Å². The maximum absolute atomic E-state index is 14.9. The van der Waals surface area contributed by atoms with Gasteiger partial charge in [-0.15, -0.1) is 0 Å². The van der Waals surface area contributed by atoms with Gasteiger partial charge in [0.25, 0.3) is 0 Å². The van der Waals surface area contributed by atoms with Gasteiger partial charge in [-0.05, 0) is 34.6 Å². The summed E-state index contributed by atoms with van der Waals surface area (Å²) < 4.78 is 49.1. The van der Waals surface area contributed by atoms with Gasteiger partial charge >= 0.3 is 5.97 Å². The molecule has 0 unspecified atom stereocenters. The van der Waals surface area contributed by atoms with Crippen molar-refractivity contribution in [3.63, 3.8) is 0 Å². The van der Waals surface area contributed by atoms with Crippen molar-refractivity contribution in [2.75, 3.05) is 0 Å². The number of halogens is 3. The van der Waals surface area contributed by atoms with Crippen molar-refractivity contribution in [1.82, 2.24) is 0 Å². The molecular formula is C21H17F3O2S. The smallest absolute Gasteiger partial charge is 0.316 e. The lowest BCUT2D eigenvalue weighted by molar-refractivity contribution is -0.133. The zero-order valence-electron chi connectivity index (χ0n) is 14.5. The van der Waals surface area contributed by atoms with Gasteiger partial charge in [0.2, 0.25) is 0 Å². The highest BCUT2D eigenvalue weighted by molar-refractivity contribution is 8.30. The summed E-state index contributed by atoms with van der Waals surface area (Å²) in [5, 5.41) is 0. The van der Waals surface area contributed by atoms with Gasteiger partial charge in [-0.25, -0.2) is 13.2 Å². The van der Waals surface area contributed by atoms with E-state index in [-0.39, 0.29) is 6.42 Å². The molecule has 3 aromatic carbocycles. The molecule has 0 aliphatic carbocycles. The van der Waals surface area contributed by atoms with E-state index in [1.165, 1.54) is 0 Å². The number of carbonyl (C=O) groups excluding carboxylic acids is 1. The molecule has 27 heavy (non-hydrogen) atoms. The Labute approximate surface area is 157 Å². The Morgan fingerprint density at radius 2 is 1.30 bits per heavy atom. The summed E-state index contributed by atoms with van der Waals surface area (Å²) in [6, 6.07) is 18.1. The highest BCUT2D eigenvalue weighted by Gasteiger charge is 2.40. The molecule has 140 valence electrons. The molecule has 0 aromatic heterocycles. The van der Waals surface area contributed by atoms with Crippen LogP contribution in [0.2, 0.25) is 0 Å². The van der Waals surface area contributed by atoms with Crippen molar-refractivity contribution in [2.24, 2.45) is 0 Å². The van der Waals surface area contributed by atoms with Gasteiger partial charge in [0, 0.05) is 28.3 Å². The fourth-order valence-corrected chi connectivity index (χ4v) is 5.90. The summed E-state index contributed by atoms with van der Waals surface area (Å²) in [6.07, 6.45) is 0.0266. The molecule has 0 fully saturated rings. The molecule has 0 radical (unpaired) electrons. The minimum atomic E-state index is -3.09. The van der Waals surface area contributed by atoms with E-state index in [9.17, 15) is 18.0 Å². The van der Waals surface area contributed by atoms with E-state index in [2.05, 4.69) is 0 Å². The lowest BCUT2D eigenvalue weighted by Crippen LogP contribution is -2.15. The van der Waals surface area contributed by atoms with E-state index in [1.54, 1.807) is 67.6 Å². The molecule has 0 heterocycles. The lowest BCUT2D eigenvalue weighted by atomic mass is 10.3. The molecule has 0 N–H and O–H groups in total. The molecular weight excluding hydrogens is 373 g/mol. The van der Waals surface area contributed by atoms with Crippen LogP contribution in [0.1, 0.15) is 13.3 Å². The highest BCUT2D eigenvalue weighted by Crippen LogP contribution is 2.70. The third-order valence-corrected chi connectivity index (χ3v) is 7.18. The van der Waals surface area contributed by atoms with E-state index in [0.717, 1.165) is 0 Å². The summed E-state index contributed by atoms with van der Waals surface area (Å²) >= 11 is 0. The van der Waals surface area contributed by atoms with Gasteiger partial charge in [-0.3, -0.25) is 4.79 Å². The Morgan fingerprint density at radius 1 is 0.852 bits per heavy atom. The maximum atomic E-state index is 14.9. The Hall–Kier alpha value is -2.73. The van der Waals surface area contributed by atoms with Crippen molar-refractivity contribution in [1.29, 1.82) is 0 Å². The predicted octanol–water partition coefficient (Wildman–Crippen LogP) is 6.25. The number of hydrogen-bond donors (Lipinski definition) is 0. The second kappa shape index (κ2) is 7.88. The number of hydrogen-bond acceptors (Lipinski definition) is 2. The van der Waals surface area contributed by atoms with Crippen LogP contribution >= 0.6 is 10.3 Å². The van der Waals surface area contributed by atoms with Gasteiger partial charge < -0.3 is 4.18 Å². The van der Waals surface area contributed by atoms with Gasteiger partial charge in [0.15, 0.2) is 0 Å². The van der Waals surface area contributed by atoms with Crippen LogP contribution in [0.15, 0.2) is 87.5 Å². The predicted molar refractivity (Wildman–Crippen MR) is 98.0 cm³/mol. The van der Waals surface area contributed by atoms with Crippen LogP contribution in [-0.2, 0) is 8.98 Å². The van der Waals surface area contributed by atoms with Crippen LogP contribution in [0.3, 0.4) is 0 Å². The maximum Gasteiger partial charge on any atom is 0.316 e. The van der Waals surface area contributed by atoms with E-state index in [0.29, 0.717) is 21.9 Å². The molecule has 0 amide bonds. The van der Waals surface area contributed by atoms with Crippen LogP contribution < -0.4 is 0 Å². The van der Waals surface area contributed by atoms with Crippen molar-refractivity contribution in [3.8, 4) is 0 Å². The number of carbonyl (C=O) groups is 1. The molecule has 2 nitrogen and oxygen atoms in total. The van der Waals surface area contributed by atoms with E-state index in [4.69, 9.17) is 4.18 Å². The van der Waals surface area contributed by atoms with E-state index >= 15 is 0 Å². The number of rotatable bonds is 5. The van der Waals surface area contributed by atoms with Crippen molar-refractivity contribution in [3.05, 3.63) is 90.2 Å². The van der Waals surface area contributed by atoms with Crippen molar-refractivity contribution < 1.29 is 22.1 Å². The molecule has 0 saturated heterocycles. The first-order valence-corrected chi connectivity index (χ1v) is 9.85. The molecule has 0 aliphatic rings. The Bertz CT molecular complexity index is 884. The zero-order chi connectivity index (χ0) is 19.4. The minimum absolute atomic E-state index is 0.0266. The number of benzene rings is 3. The summed E-state index contributed by atoms with van der Waals surface area (Å²) in [7, 11) is -3.09. The second-order valence-electron chi connectivity index (χ2n) is 5.69. The van der Waals surface area contributed by atoms with Gasteiger partial charge in [0.1, 0.15) is 22.3 Å². The molecule has 3 aromatic rings. The largest absolute Gasteiger partial charge is 0.402 e. The lowest BCUT2D eigenvalue weighted by Gasteiger charge is -2.39. The van der Waals surface area contributed by atoms with Gasteiger partial charge in [-0.2, -0.15) is 0 Å². The van der Waals surface area contributed by atoms with Crippen LogP contribution in [0.4, 0.5) is 13.2 Å². The van der Waals surface area contributed by atoms with Gasteiger partial charge in [-0.1, -0.05) is 43.3 Å². The zero-order valence-corrected chi connectivity index (χ0v) is 15.3. The van der Waals surface area contributed by atoms with Crippen molar-refractivity contribution >= 4 is 16.3 Å². The highest BCUT2D eigenvalue weighted by atomic mass is 32.3. The molecule has 0 atom stereocenters. The monoisotopic (exact) mass is 390 g/mol. The first kappa shape index (κ1) is 19.0. The fraction of sp³-hybridized carbons (Fsp3) is 0.0952. The normalized spacial score (nSPS) is 11.9. The average molecular weight is 390 g/mol. The van der Waals surface area contributed by atoms with E-state index in [1.807, 2.05) is 0 Å². The summed E-state index contributed by atoms with van der Waals surface area (Å²) in [6.45, 7) is 1.60. The topological polar surface area (TPSA) is 26.3 Å². The average Bonchev–Trinajstić information content (AvgIpc) is 2.67. The van der Waals surface area contributed by atoms with Crippen LogP contribution in [0.25, 0.3) is 0 Å². The first-order valence-electron chi connectivity index (χ1n) is 8.29. The third-order valence-electron chi connectivity index (χ3n) is 3.91. The molecule has 0 saturated carbocycles. The van der Waals surface area contributed by atoms with Crippen LogP contribution in [0, 0.1) is 17.5 Å². The van der Waals surface area contributed by atoms with Gasteiger partial charge in [0.05, 0.1) is 0 Å². The minimum Gasteiger partial charge on any atom is -0.402 e. The second-order valence-corrected chi connectivity index (χ2v) is 8.32. The molecule has 0 spiro atoms. The van der Waals surface area contributed by atoms with E-state index < -0.39 is 38.6 Å².